The molecule has 2 heterocycles. The van der Waals surface area contributed by atoms with E-state index in [1.54, 1.807) is 0 Å². The second-order valence-electron chi connectivity index (χ2n) is 3.02. The molecule has 1 aliphatic rings. The van der Waals surface area contributed by atoms with E-state index in [4.69, 9.17) is 27.9 Å². The summed E-state index contributed by atoms with van der Waals surface area (Å²) in [6.07, 6.45) is 2.52. The van der Waals surface area contributed by atoms with Crippen LogP contribution in [0.2, 0.25) is 10.3 Å². The summed E-state index contributed by atoms with van der Waals surface area (Å²) in [5.41, 5.74) is 0. The Balaban J connectivity index is 2.10. The molecule has 0 spiro atoms. The van der Waals surface area contributed by atoms with Crippen LogP contribution in [0.5, 0.6) is 5.88 Å². The van der Waals surface area contributed by atoms with Gasteiger partial charge in [0.15, 0.2) is 0 Å². The molecule has 1 unspecified atom stereocenters. The van der Waals surface area contributed by atoms with Crippen LogP contribution >= 0.6 is 23.2 Å². The zero-order valence-electron chi connectivity index (χ0n) is 7.33. The van der Waals surface area contributed by atoms with E-state index in [9.17, 15) is 0 Å². The molecular formula is C8H9Cl2N3O. The SMILES string of the molecule is Clc1ncc(Cl)c(OC2CCNC2)n1. The molecule has 0 aromatic carbocycles. The minimum absolute atomic E-state index is 0.124. The van der Waals surface area contributed by atoms with Crippen molar-refractivity contribution in [3.8, 4) is 5.88 Å². The summed E-state index contributed by atoms with van der Waals surface area (Å²) in [5.74, 6) is 0.361. The highest BCUT2D eigenvalue weighted by Crippen LogP contribution is 2.23. The largest absolute Gasteiger partial charge is 0.472 e. The van der Waals surface area contributed by atoms with Gasteiger partial charge < -0.3 is 10.1 Å². The molecule has 1 fully saturated rings. The van der Waals surface area contributed by atoms with Gasteiger partial charge in [-0.1, -0.05) is 11.6 Å². The first-order chi connectivity index (χ1) is 6.75. The lowest BCUT2D eigenvalue weighted by molar-refractivity contribution is 0.214. The fraction of sp³-hybridized carbons (Fsp3) is 0.500. The van der Waals surface area contributed by atoms with E-state index in [1.165, 1.54) is 6.20 Å². The van der Waals surface area contributed by atoms with E-state index in [-0.39, 0.29) is 11.4 Å². The summed E-state index contributed by atoms with van der Waals surface area (Å²) in [5, 5.41) is 3.72. The average Bonchev–Trinajstić information content (AvgIpc) is 2.64. The number of aromatic nitrogens is 2. The maximum absolute atomic E-state index is 5.85. The fourth-order valence-corrected chi connectivity index (χ4v) is 1.56. The highest BCUT2D eigenvalue weighted by Gasteiger charge is 2.18. The molecule has 6 heteroatoms. The Hall–Kier alpha value is -0.580. The normalized spacial score (nSPS) is 21.1. The van der Waals surface area contributed by atoms with Crippen molar-refractivity contribution in [1.29, 1.82) is 0 Å². The average molecular weight is 234 g/mol. The lowest BCUT2D eigenvalue weighted by atomic mass is 10.3. The molecule has 0 saturated carbocycles. The third-order valence-electron chi connectivity index (χ3n) is 1.98. The predicted molar refractivity (Wildman–Crippen MR) is 54.0 cm³/mol. The first-order valence-electron chi connectivity index (χ1n) is 4.31. The molecule has 1 atom stereocenters. The minimum atomic E-state index is 0.124. The van der Waals surface area contributed by atoms with Gasteiger partial charge in [0.05, 0.1) is 6.20 Å². The Labute approximate surface area is 91.6 Å². The highest BCUT2D eigenvalue weighted by molar-refractivity contribution is 6.32. The molecule has 14 heavy (non-hydrogen) atoms. The van der Waals surface area contributed by atoms with Crippen molar-refractivity contribution in [1.82, 2.24) is 15.3 Å². The summed E-state index contributed by atoms with van der Waals surface area (Å²) in [4.78, 5) is 7.65. The standard InChI is InChI=1S/C8H9Cl2N3O/c9-6-4-12-8(10)13-7(6)14-5-1-2-11-3-5/h4-5,11H,1-3H2. The van der Waals surface area contributed by atoms with E-state index in [0.717, 1.165) is 19.5 Å². The fourth-order valence-electron chi connectivity index (χ4n) is 1.30. The first kappa shape index (κ1) is 9.96. The quantitative estimate of drug-likeness (QED) is 0.788. The maximum atomic E-state index is 5.85. The van der Waals surface area contributed by atoms with Gasteiger partial charge in [0.25, 0.3) is 0 Å². The zero-order chi connectivity index (χ0) is 9.97. The van der Waals surface area contributed by atoms with Gasteiger partial charge in [0.1, 0.15) is 11.1 Å². The molecule has 1 aliphatic heterocycles. The molecule has 0 bridgehead atoms. The van der Waals surface area contributed by atoms with E-state index in [0.29, 0.717) is 10.9 Å². The number of nitrogens with one attached hydrogen (secondary N) is 1. The van der Waals surface area contributed by atoms with Gasteiger partial charge in [0, 0.05) is 6.54 Å². The number of ether oxygens (including phenoxy) is 1. The van der Waals surface area contributed by atoms with Crippen LogP contribution in [-0.4, -0.2) is 29.2 Å². The number of nitrogens with zero attached hydrogens (tertiary/aromatic N) is 2. The van der Waals surface area contributed by atoms with Crippen molar-refractivity contribution in [2.75, 3.05) is 13.1 Å². The van der Waals surface area contributed by atoms with Gasteiger partial charge in [-0.2, -0.15) is 4.98 Å². The molecule has 1 aromatic rings. The highest BCUT2D eigenvalue weighted by atomic mass is 35.5. The lowest BCUT2D eigenvalue weighted by Gasteiger charge is -2.11. The van der Waals surface area contributed by atoms with Crippen molar-refractivity contribution in [2.45, 2.75) is 12.5 Å². The van der Waals surface area contributed by atoms with E-state index < -0.39 is 0 Å². The van der Waals surface area contributed by atoms with Crippen LogP contribution in [0.3, 0.4) is 0 Å². The molecule has 1 aromatic heterocycles. The van der Waals surface area contributed by atoms with Crippen LogP contribution in [0.25, 0.3) is 0 Å². The molecule has 1 saturated heterocycles. The van der Waals surface area contributed by atoms with Crippen molar-refractivity contribution in [2.24, 2.45) is 0 Å². The van der Waals surface area contributed by atoms with Gasteiger partial charge in [-0.05, 0) is 24.6 Å². The maximum Gasteiger partial charge on any atom is 0.237 e. The third kappa shape index (κ3) is 2.26. The Morgan fingerprint density at radius 2 is 2.36 bits per heavy atom. The molecule has 0 amide bonds. The zero-order valence-corrected chi connectivity index (χ0v) is 8.85. The Morgan fingerprint density at radius 1 is 1.50 bits per heavy atom. The monoisotopic (exact) mass is 233 g/mol. The first-order valence-corrected chi connectivity index (χ1v) is 5.07. The van der Waals surface area contributed by atoms with Crippen molar-refractivity contribution >= 4 is 23.2 Å². The molecular weight excluding hydrogens is 225 g/mol. The molecule has 0 aliphatic carbocycles. The number of hydrogen-bond acceptors (Lipinski definition) is 4. The topological polar surface area (TPSA) is 47.0 Å². The van der Waals surface area contributed by atoms with Crippen LogP contribution in [-0.2, 0) is 0 Å². The number of halogens is 2. The smallest absolute Gasteiger partial charge is 0.237 e. The van der Waals surface area contributed by atoms with Gasteiger partial charge in [-0.25, -0.2) is 4.98 Å². The van der Waals surface area contributed by atoms with Crippen LogP contribution in [0, 0.1) is 0 Å². The number of rotatable bonds is 2. The van der Waals surface area contributed by atoms with Crippen molar-refractivity contribution in [3.05, 3.63) is 16.5 Å². The number of hydrogen-bond donors (Lipinski definition) is 1. The van der Waals surface area contributed by atoms with Crippen LogP contribution in [0.15, 0.2) is 6.20 Å². The second-order valence-corrected chi connectivity index (χ2v) is 3.77. The summed E-state index contributed by atoms with van der Waals surface area (Å²) in [6, 6.07) is 0. The van der Waals surface area contributed by atoms with Crippen LogP contribution in [0.1, 0.15) is 6.42 Å². The molecule has 76 valence electrons. The van der Waals surface area contributed by atoms with E-state index >= 15 is 0 Å². The van der Waals surface area contributed by atoms with Gasteiger partial charge >= 0.3 is 0 Å². The van der Waals surface area contributed by atoms with Crippen molar-refractivity contribution in [3.63, 3.8) is 0 Å². The molecule has 2 rings (SSSR count). The summed E-state index contributed by atoms with van der Waals surface area (Å²) < 4.78 is 5.56. The third-order valence-corrected chi connectivity index (χ3v) is 2.42. The van der Waals surface area contributed by atoms with Gasteiger partial charge in [-0.15, -0.1) is 0 Å². The minimum Gasteiger partial charge on any atom is -0.472 e. The van der Waals surface area contributed by atoms with Crippen LogP contribution < -0.4 is 10.1 Å². The Bertz CT molecular complexity index is 328. The molecule has 1 N–H and O–H groups in total. The van der Waals surface area contributed by atoms with Crippen LogP contribution in [0.4, 0.5) is 0 Å². The van der Waals surface area contributed by atoms with Crippen molar-refractivity contribution < 1.29 is 4.74 Å². The summed E-state index contributed by atoms with van der Waals surface area (Å²) >= 11 is 11.5. The predicted octanol–water partition coefficient (Wildman–Crippen LogP) is 1.52. The van der Waals surface area contributed by atoms with Gasteiger partial charge in [0.2, 0.25) is 11.2 Å². The Kier molecular flexibility index (Phi) is 3.05. The second kappa shape index (κ2) is 4.29. The molecule has 4 nitrogen and oxygen atoms in total. The van der Waals surface area contributed by atoms with Gasteiger partial charge in [-0.3, -0.25) is 0 Å². The van der Waals surface area contributed by atoms with E-state index in [2.05, 4.69) is 15.3 Å². The lowest BCUT2D eigenvalue weighted by Crippen LogP contribution is -2.20. The van der Waals surface area contributed by atoms with E-state index in [1.807, 2.05) is 0 Å². The summed E-state index contributed by atoms with van der Waals surface area (Å²) in [6.45, 7) is 1.78. The Morgan fingerprint density at radius 3 is 3.07 bits per heavy atom. The molecule has 0 radical (unpaired) electrons. The summed E-state index contributed by atoms with van der Waals surface area (Å²) in [7, 11) is 0.